The lowest BCUT2D eigenvalue weighted by molar-refractivity contribution is 0.568. The van der Waals surface area contributed by atoms with E-state index in [0.29, 0.717) is 18.7 Å². The molecule has 0 aliphatic carbocycles. The number of benzene rings is 2. The van der Waals surface area contributed by atoms with Gasteiger partial charge < -0.3 is 5.32 Å². The molecule has 0 fully saturated rings. The molecule has 0 unspecified atom stereocenters. The predicted octanol–water partition coefficient (Wildman–Crippen LogP) is 4.33. The molecule has 100 valence electrons. The Kier molecular flexibility index (Phi) is 4.66. The van der Waals surface area contributed by atoms with Crippen molar-refractivity contribution >= 4 is 15.9 Å². The standard InChI is InChI=1S/C15H14BrF2N/c1-10-2-3-11(6-14(10)16)8-19-9-12-7-13(17)4-5-15(12)18/h2-7,19H,8-9H2,1H3. The van der Waals surface area contributed by atoms with Crippen LogP contribution in [-0.4, -0.2) is 0 Å². The highest BCUT2D eigenvalue weighted by Crippen LogP contribution is 2.17. The van der Waals surface area contributed by atoms with Crippen molar-refractivity contribution in [2.45, 2.75) is 20.0 Å². The van der Waals surface area contributed by atoms with Crippen molar-refractivity contribution in [1.82, 2.24) is 5.32 Å². The van der Waals surface area contributed by atoms with E-state index in [-0.39, 0.29) is 5.82 Å². The molecule has 0 saturated carbocycles. The normalized spacial score (nSPS) is 10.7. The van der Waals surface area contributed by atoms with Gasteiger partial charge in [-0.15, -0.1) is 0 Å². The van der Waals surface area contributed by atoms with Crippen LogP contribution in [0.5, 0.6) is 0 Å². The average Bonchev–Trinajstić information content (AvgIpc) is 2.38. The molecule has 0 aromatic heterocycles. The van der Waals surface area contributed by atoms with E-state index in [2.05, 4.69) is 21.2 Å². The Morgan fingerprint density at radius 3 is 2.58 bits per heavy atom. The van der Waals surface area contributed by atoms with Crippen LogP contribution in [0.3, 0.4) is 0 Å². The van der Waals surface area contributed by atoms with Gasteiger partial charge in [0.05, 0.1) is 0 Å². The van der Waals surface area contributed by atoms with Crippen LogP contribution in [0.15, 0.2) is 40.9 Å². The molecule has 0 atom stereocenters. The van der Waals surface area contributed by atoms with Gasteiger partial charge in [-0.25, -0.2) is 8.78 Å². The van der Waals surface area contributed by atoms with Gasteiger partial charge in [-0.3, -0.25) is 0 Å². The summed E-state index contributed by atoms with van der Waals surface area (Å²) >= 11 is 3.47. The Hall–Kier alpha value is -1.26. The summed E-state index contributed by atoms with van der Waals surface area (Å²) in [4.78, 5) is 0. The van der Waals surface area contributed by atoms with E-state index >= 15 is 0 Å². The Bertz CT molecular complexity index is 584. The van der Waals surface area contributed by atoms with Crippen LogP contribution in [0.2, 0.25) is 0 Å². The van der Waals surface area contributed by atoms with Crippen LogP contribution in [0.1, 0.15) is 16.7 Å². The van der Waals surface area contributed by atoms with Crippen LogP contribution in [0.25, 0.3) is 0 Å². The smallest absolute Gasteiger partial charge is 0.127 e. The highest BCUT2D eigenvalue weighted by atomic mass is 79.9. The molecule has 0 radical (unpaired) electrons. The van der Waals surface area contributed by atoms with Gasteiger partial charge in [0.25, 0.3) is 0 Å². The summed E-state index contributed by atoms with van der Waals surface area (Å²) in [6.45, 7) is 2.92. The van der Waals surface area contributed by atoms with Crippen LogP contribution in [-0.2, 0) is 13.1 Å². The van der Waals surface area contributed by atoms with Crippen molar-refractivity contribution in [2.24, 2.45) is 0 Å². The van der Waals surface area contributed by atoms with Crippen LogP contribution < -0.4 is 5.32 Å². The summed E-state index contributed by atoms with van der Waals surface area (Å²) in [5.74, 6) is -0.810. The lowest BCUT2D eigenvalue weighted by Crippen LogP contribution is -2.14. The Morgan fingerprint density at radius 1 is 1.05 bits per heavy atom. The van der Waals surface area contributed by atoms with Crippen molar-refractivity contribution < 1.29 is 8.78 Å². The molecule has 0 amide bonds. The van der Waals surface area contributed by atoms with E-state index in [1.54, 1.807) is 0 Å². The summed E-state index contributed by atoms with van der Waals surface area (Å²) in [6.07, 6.45) is 0. The number of rotatable bonds is 4. The Morgan fingerprint density at radius 2 is 1.84 bits per heavy atom. The van der Waals surface area contributed by atoms with Gasteiger partial charge in [-0.1, -0.05) is 28.1 Å². The number of halogens is 3. The second-order valence-corrected chi connectivity index (χ2v) is 5.28. The first-order chi connectivity index (χ1) is 9.06. The minimum atomic E-state index is -0.420. The van der Waals surface area contributed by atoms with Crippen LogP contribution in [0.4, 0.5) is 8.78 Å². The highest BCUT2D eigenvalue weighted by molar-refractivity contribution is 9.10. The zero-order valence-electron chi connectivity index (χ0n) is 10.5. The van der Waals surface area contributed by atoms with Crippen LogP contribution in [0, 0.1) is 18.6 Å². The van der Waals surface area contributed by atoms with E-state index in [1.165, 1.54) is 11.6 Å². The van der Waals surface area contributed by atoms with E-state index < -0.39 is 5.82 Å². The van der Waals surface area contributed by atoms with Gasteiger partial charge in [0.15, 0.2) is 0 Å². The molecule has 0 aliphatic heterocycles. The number of hydrogen-bond acceptors (Lipinski definition) is 1. The zero-order valence-corrected chi connectivity index (χ0v) is 12.1. The summed E-state index contributed by atoms with van der Waals surface area (Å²) in [6, 6.07) is 9.53. The third-order valence-corrected chi connectivity index (χ3v) is 3.74. The summed E-state index contributed by atoms with van der Waals surface area (Å²) in [5, 5.41) is 3.11. The minimum Gasteiger partial charge on any atom is -0.309 e. The van der Waals surface area contributed by atoms with Gasteiger partial charge in [0.1, 0.15) is 11.6 Å². The largest absolute Gasteiger partial charge is 0.309 e. The summed E-state index contributed by atoms with van der Waals surface area (Å²) < 4.78 is 27.4. The van der Waals surface area contributed by atoms with Crippen molar-refractivity contribution in [3.63, 3.8) is 0 Å². The Balaban J connectivity index is 1.96. The molecule has 0 bridgehead atoms. The maximum absolute atomic E-state index is 13.4. The molecule has 0 saturated heterocycles. The lowest BCUT2D eigenvalue weighted by atomic mass is 10.1. The quantitative estimate of drug-likeness (QED) is 0.882. The zero-order chi connectivity index (χ0) is 13.8. The molecular weight excluding hydrogens is 312 g/mol. The molecule has 1 N–H and O–H groups in total. The average molecular weight is 326 g/mol. The lowest BCUT2D eigenvalue weighted by Gasteiger charge is -2.08. The molecule has 19 heavy (non-hydrogen) atoms. The maximum atomic E-state index is 13.4. The van der Waals surface area contributed by atoms with Crippen molar-refractivity contribution in [3.8, 4) is 0 Å². The fraction of sp³-hybridized carbons (Fsp3) is 0.200. The molecule has 0 spiro atoms. The summed E-state index contributed by atoms with van der Waals surface area (Å²) in [7, 11) is 0. The maximum Gasteiger partial charge on any atom is 0.127 e. The Labute approximate surface area is 119 Å². The van der Waals surface area contributed by atoms with E-state index in [0.717, 1.165) is 22.2 Å². The second-order valence-electron chi connectivity index (χ2n) is 4.42. The number of aryl methyl sites for hydroxylation is 1. The van der Waals surface area contributed by atoms with Crippen molar-refractivity contribution in [3.05, 3.63) is 69.2 Å². The monoisotopic (exact) mass is 325 g/mol. The molecule has 0 heterocycles. The fourth-order valence-electron chi connectivity index (χ4n) is 1.77. The first kappa shape index (κ1) is 14.2. The first-order valence-electron chi connectivity index (χ1n) is 5.96. The highest BCUT2D eigenvalue weighted by Gasteiger charge is 2.04. The number of hydrogen-bond donors (Lipinski definition) is 1. The second kappa shape index (κ2) is 6.26. The topological polar surface area (TPSA) is 12.0 Å². The van der Waals surface area contributed by atoms with E-state index in [4.69, 9.17) is 0 Å². The third kappa shape index (κ3) is 3.85. The van der Waals surface area contributed by atoms with Gasteiger partial charge in [-0.05, 0) is 42.3 Å². The van der Waals surface area contributed by atoms with E-state index in [9.17, 15) is 8.78 Å². The molecule has 2 aromatic rings. The molecule has 2 aromatic carbocycles. The van der Waals surface area contributed by atoms with E-state index in [1.807, 2.05) is 25.1 Å². The van der Waals surface area contributed by atoms with Gasteiger partial charge >= 0.3 is 0 Å². The SMILES string of the molecule is Cc1ccc(CNCc2cc(F)ccc2F)cc1Br. The molecule has 1 nitrogen and oxygen atoms in total. The van der Waals surface area contributed by atoms with Crippen LogP contribution >= 0.6 is 15.9 Å². The summed E-state index contributed by atoms with van der Waals surface area (Å²) in [5.41, 5.74) is 2.60. The third-order valence-electron chi connectivity index (χ3n) is 2.89. The van der Waals surface area contributed by atoms with Gasteiger partial charge in [-0.2, -0.15) is 0 Å². The van der Waals surface area contributed by atoms with Gasteiger partial charge in [0.2, 0.25) is 0 Å². The first-order valence-corrected chi connectivity index (χ1v) is 6.75. The molecule has 4 heteroatoms. The van der Waals surface area contributed by atoms with Gasteiger partial charge in [0, 0.05) is 23.1 Å². The molecule has 2 rings (SSSR count). The molecular formula is C15H14BrF2N. The molecule has 0 aliphatic rings. The van der Waals surface area contributed by atoms with Crippen molar-refractivity contribution in [2.75, 3.05) is 0 Å². The van der Waals surface area contributed by atoms with Crippen molar-refractivity contribution in [1.29, 1.82) is 0 Å². The fourth-order valence-corrected chi connectivity index (χ4v) is 2.19. The minimum absolute atomic E-state index is 0.301. The predicted molar refractivity (Wildman–Crippen MR) is 75.8 cm³/mol. The number of nitrogens with one attached hydrogen (secondary N) is 1.